The summed E-state index contributed by atoms with van der Waals surface area (Å²) in [7, 11) is 0. The Bertz CT molecular complexity index is 617. The van der Waals surface area contributed by atoms with Crippen LogP contribution in [0.2, 0.25) is 0 Å². The molecule has 0 aromatic heterocycles. The van der Waals surface area contributed by atoms with Crippen LogP contribution in [-0.2, 0) is 14.3 Å². The number of esters is 1. The molecule has 0 saturated heterocycles. The number of allylic oxidation sites excluding steroid dienone is 1. The smallest absolute Gasteiger partial charge is 0.341 e. The average molecular weight is 288 g/mol. The predicted octanol–water partition coefficient (Wildman–Crippen LogP) is 0.906. The van der Waals surface area contributed by atoms with Crippen molar-refractivity contribution in [3.8, 4) is 6.07 Å². The number of carbonyl (C=O) groups excluding carboxylic acids is 2. The molecule has 0 aliphatic heterocycles. The minimum absolute atomic E-state index is 0.0359. The van der Waals surface area contributed by atoms with Gasteiger partial charge in [-0.15, -0.1) is 0 Å². The van der Waals surface area contributed by atoms with Gasteiger partial charge in [0.1, 0.15) is 17.3 Å². The highest BCUT2D eigenvalue weighted by molar-refractivity contribution is 6.20. The maximum absolute atomic E-state index is 12.1. The fourth-order valence-electron chi connectivity index (χ4n) is 1.71. The largest absolute Gasteiger partial charge is 0.462 e. The Labute approximate surface area is 122 Å². The lowest BCUT2D eigenvalue weighted by Crippen LogP contribution is -2.24. The van der Waals surface area contributed by atoms with E-state index in [0.29, 0.717) is 11.3 Å². The topological polar surface area (TPSA) is 117 Å². The highest BCUT2D eigenvalue weighted by atomic mass is 16.5. The molecule has 1 aromatic carbocycles. The summed E-state index contributed by atoms with van der Waals surface area (Å²) in [5.41, 5.74) is 2.73. The number of nitriles is 1. The van der Waals surface area contributed by atoms with Crippen molar-refractivity contribution in [2.75, 3.05) is 11.9 Å². The van der Waals surface area contributed by atoms with Crippen LogP contribution >= 0.6 is 0 Å². The number of amides is 1. The normalized spacial score (nSPS) is 11.0. The molecule has 7 nitrogen and oxygen atoms in total. The Hall–Kier alpha value is -2.85. The minimum atomic E-state index is -0.704. The first kappa shape index (κ1) is 16.2. The van der Waals surface area contributed by atoms with Crippen molar-refractivity contribution in [2.24, 2.45) is 5.84 Å². The SMILES string of the molecule is CCOC(=O)/C(=C(\C#N)NN)c1ccccc1NC(C)=O. The Kier molecular flexibility index (Phi) is 5.92. The standard InChI is InChI=1S/C14H16N4O3/c1-3-21-14(20)13(12(8-15)18-16)10-6-4-5-7-11(10)17-9(2)19/h4-7,18H,3,16H2,1-2H3,(H,17,19)/b13-12+. The van der Waals surface area contributed by atoms with E-state index in [9.17, 15) is 9.59 Å². The maximum atomic E-state index is 12.1. The van der Waals surface area contributed by atoms with Crippen LogP contribution < -0.4 is 16.6 Å². The lowest BCUT2D eigenvalue weighted by molar-refractivity contribution is -0.136. The zero-order valence-corrected chi connectivity index (χ0v) is 11.8. The van der Waals surface area contributed by atoms with E-state index >= 15 is 0 Å². The first-order valence-corrected chi connectivity index (χ1v) is 6.20. The first-order chi connectivity index (χ1) is 10.0. The molecule has 0 atom stereocenters. The van der Waals surface area contributed by atoms with Crippen LogP contribution in [0.5, 0.6) is 0 Å². The molecule has 1 rings (SSSR count). The molecule has 0 spiro atoms. The van der Waals surface area contributed by atoms with Crippen molar-refractivity contribution in [3.63, 3.8) is 0 Å². The highest BCUT2D eigenvalue weighted by Crippen LogP contribution is 2.26. The number of benzene rings is 1. The molecule has 4 N–H and O–H groups in total. The summed E-state index contributed by atoms with van der Waals surface area (Å²) >= 11 is 0. The van der Waals surface area contributed by atoms with Crippen molar-refractivity contribution in [2.45, 2.75) is 13.8 Å². The molecule has 1 amide bonds. The van der Waals surface area contributed by atoms with Gasteiger partial charge < -0.3 is 15.5 Å². The van der Waals surface area contributed by atoms with Gasteiger partial charge >= 0.3 is 5.97 Å². The van der Waals surface area contributed by atoms with E-state index in [0.717, 1.165) is 0 Å². The Balaban J connectivity index is 3.48. The number of carbonyl (C=O) groups is 2. The van der Waals surface area contributed by atoms with Crippen LogP contribution in [0.1, 0.15) is 19.4 Å². The monoisotopic (exact) mass is 288 g/mol. The fraction of sp³-hybridized carbons (Fsp3) is 0.214. The van der Waals surface area contributed by atoms with E-state index in [1.807, 2.05) is 0 Å². The van der Waals surface area contributed by atoms with Gasteiger partial charge in [-0.05, 0) is 13.0 Å². The summed E-state index contributed by atoms with van der Waals surface area (Å²) in [6.07, 6.45) is 0. The molecule has 1 aromatic rings. The van der Waals surface area contributed by atoms with E-state index in [4.69, 9.17) is 15.8 Å². The number of nitrogens with one attached hydrogen (secondary N) is 2. The van der Waals surface area contributed by atoms with Gasteiger partial charge in [0, 0.05) is 18.2 Å². The van der Waals surface area contributed by atoms with Crippen LogP contribution in [0.25, 0.3) is 5.57 Å². The average Bonchev–Trinajstić information content (AvgIpc) is 2.45. The third-order valence-electron chi connectivity index (χ3n) is 2.49. The second-order valence-electron chi connectivity index (χ2n) is 3.95. The van der Waals surface area contributed by atoms with E-state index in [1.54, 1.807) is 37.3 Å². The number of ether oxygens (including phenoxy) is 1. The van der Waals surface area contributed by atoms with Gasteiger partial charge in [-0.2, -0.15) is 5.26 Å². The fourth-order valence-corrected chi connectivity index (χ4v) is 1.71. The number of rotatable bonds is 5. The van der Waals surface area contributed by atoms with Gasteiger partial charge in [0.25, 0.3) is 0 Å². The third-order valence-corrected chi connectivity index (χ3v) is 2.49. The van der Waals surface area contributed by atoms with Crippen molar-refractivity contribution < 1.29 is 14.3 Å². The van der Waals surface area contributed by atoms with Crippen molar-refractivity contribution in [3.05, 3.63) is 35.5 Å². The quantitative estimate of drug-likeness (QED) is 0.244. The summed E-state index contributed by atoms with van der Waals surface area (Å²) in [5.74, 6) is 4.28. The number of hydrogen-bond donors (Lipinski definition) is 3. The van der Waals surface area contributed by atoms with Crippen LogP contribution in [0.4, 0.5) is 5.69 Å². The van der Waals surface area contributed by atoms with E-state index < -0.39 is 5.97 Å². The van der Waals surface area contributed by atoms with Crippen molar-refractivity contribution >= 4 is 23.1 Å². The van der Waals surface area contributed by atoms with E-state index in [-0.39, 0.29) is 23.8 Å². The number of anilines is 1. The predicted molar refractivity (Wildman–Crippen MR) is 77.2 cm³/mol. The maximum Gasteiger partial charge on any atom is 0.341 e. The van der Waals surface area contributed by atoms with Crippen LogP contribution in [0.15, 0.2) is 30.0 Å². The van der Waals surface area contributed by atoms with Gasteiger partial charge in [0.05, 0.1) is 6.61 Å². The molecule has 0 saturated carbocycles. The molecule has 0 heterocycles. The van der Waals surface area contributed by atoms with Crippen LogP contribution in [0, 0.1) is 11.3 Å². The molecular weight excluding hydrogens is 272 g/mol. The third kappa shape index (κ3) is 4.06. The lowest BCUT2D eigenvalue weighted by atomic mass is 10.0. The van der Waals surface area contributed by atoms with Crippen LogP contribution in [-0.4, -0.2) is 18.5 Å². The molecule has 0 fully saturated rings. The summed E-state index contributed by atoms with van der Waals surface area (Å²) in [4.78, 5) is 23.3. The Morgan fingerprint density at radius 1 is 1.38 bits per heavy atom. The molecule has 0 aliphatic carbocycles. The molecule has 7 heteroatoms. The van der Waals surface area contributed by atoms with E-state index in [1.165, 1.54) is 6.92 Å². The summed E-state index contributed by atoms with van der Waals surface area (Å²) in [6.45, 7) is 3.14. The lowest BCUT2D eigenvalue weighted by Gasteiger charge is -2.14. The van der Waals surface area contributed by atoms with Gasteiger partial charge in [-0.3, -0.25) is 4.79 Å². The zero-order chi connectivity index (χ0) is 15.8. The zero-order valence-electron chi connectivity index (χ0n) is 11.8. The van der Waals surface area contributed by atoms with Gasteiger partial charge in [0.2, 0.25) is 5.91 Å². The first-order valence-electron chi connectivity index (χ1n) is 6.20. The molecule has 0 aliphatic rings. The molecule has 0 unspecified atom stereocenters. The van der Waals surface area contributed by atoms with E-state index in [2.05, 4.69) is 10.7 Å². The van der Waals surface area contributed by atoms with Gasteiger partial charge in [0.15, 0.2) is 0 Å². The molecule has 0 bridgehead atoms. The van der Waals surface area contributed by atoms with Gasteiger partial charge in [-0.1, -0.05) is 18.2 Å². The number of para-hydroxylation sites is 1. The number of nitrogens with zero attached hydrogens (tertiary/aromatic N) is 1. The summed E-state index contributed by atoms with van der Waals surface area (Å²) in [5, 5.41) is 11.7. The molecule has 110 valence electrons. The molecule has 0 radical (unpaired) electrons. The van der Waals surface area contributed by atoms with Crippen molar-refractivity contribution in [1.29, 1.82) is 5.26 Å². The molecule has 21 heavy (non-hydrogen) atoms. The second-order valence-corrected chi connectivity index (χ2v) is 3.95. The summed E-state index contributed by atoms with van der Waals surface area (Å²) < 4.78 is 4.95. The van der Waals surface area contributed by atoms with Gasteiger partial charge in [-0.25, -0.2) is 10.6 Å². The summed E-state index contributed by atoms with van der Waals surface area (Å²) in [6, 6.07) is 8.37. The Morgan fingerprint density at radius 3 is 2.57 bits per heavy atom. The minimum Gasteiger partial charge on any atom is -0.462 e. The number of hydrazine groups is 1. The second kappa shape index (κ2) is 7.67. The van der Waals surface area contributed by atoms with Crippen LogP contribution in [0.3, 0.4) is 0 Å². The Morgan fingerprint density at radius 2 is 2.05 bits per heavy atom. The number of nitrogens with two attached hydrogens (primary N) is 1. The number of hydrogen-bond acceptors (Lipinski definition) is 6. The molecular formula is C14H16N4O3. The highest BCUT2D eigenvalue weighted by Gasteiger charge is 2.22. The van der Waals surface area contributed by atoms with Crippen molar-refractivity contribution in [1.82, 2.24) is 5.43 Å².